The van der Waals surface area contributed by atoms with Crippen LogP contribution >= 0.6 is 11.8 Å². The largest absolute Gasteiger partial charge is 0.493 e. The summed E-state index contributed by atoms with van der Waals surface area (Å²) in [6, 6.07) is 1.52. The van der Waals surface area contributed by atoms with Crippen LogP contribution in [-0.4, -0.2) is 20.2 Å². The molecular formula is C10H11N3O2S. The Labute approximate surface area is 96.9 Å². The summed E-state index contributed by atoms with van der Waals surface area (Å²) in [6.45, 7) is 3.67. The summed E-state index contributed by atoms with van der Waals surface area (Å²) in [6.07, 6.45) is 1.68. The van der Waals surface area contributed by atoms with Crippen molar-refractivity contribution in [3.05, 3.63) is 29.3 Å². The first-order valence-electron chi connectivity index (χ1n) is 4.73. The van der Waals surface area contributed by atoms with E-state index in [0.717, 1.165) is 17.0 Å². The van der Waals surface area contributed by atoms with E-state index in [0.29, 0.717) is 10.9 Å². The Kier molecular flexibility index (Phi) is 3.09. The SMILES string of the molecule is Cc1cc(O)nc(SCc2cnoc2C)n1. The van der Waals surface area contributed by atoms with Crippen LogP contribution in [0.3, 0.4) is 0 Å². The maximum Gasteiger partial charge on any atom is 0.215 e. The van der Waals surface area contributed by atoms with Gasteiger partial charge in [0.05, 0.1) is 6.20 Å². The third-order valence-corrected chi connectivity index (χ3v) is 2.92. The summed E-state index contributed by atoms with van der Waals surface area (Å²) in [5.41, 5.74) is 1.76. The number of aryl methyl sites for hydroxylation is 2. The molecule has 0 aromatic carbocycles. The molecule has 16 heavy (non-hydrogen) atoms. The van der Waals surface area contributed by atoms with Gasteiger partial charge in [-0.05, 0) is 13.8 Å². The maximum absolute atomic E-state index is 9.31. The van der Waals surface area contributed by atoms with E-state index in [1.165, 1.54) is 17.8 Å². The van der Waals surface area contributed by atoms with Gasteiger partial charge in [0.15, 0.2) is 5.16 Å². The van der Waals surface area contributed by atoms with E-state index < -0.39 is 0 Å². The van der Waals surface area contributed by atoms with Gasteiger partial charge in [0, 0.05) is 23.1 Å². The van der Waals surface area contributed by atoms with Gasteiger partial charge in [0.25, 0.3) is 0 Å². The number of hydrogen-bond acceptors (Lipinski definition) is 6. The average molecular weight is 237 g/mol. The van der Waals surface area contributed by atoms with Crippen LogP contribution in [0.15, 0.2) is 21.9 Å². The predicted octanol–water partition coefficient (Wildman–Crippen LogP) is 2.08. The van der Waals surface area contributed by atoms with Crippen molar-refractivity contribution in [2.24, 2.45) is 0 Å². The Bertz CT molecular complexity index is 478. The molecule has 0 fully saturated rings. The van der Waals surface area contributed by atoms with E-state index in [1.807, 2.05) is 13.8 Å². The zero-order chi connectivity index (χ0) is 11.5. The highest BCUT2D eigenvalue weighted by Crippen LogP contribution is 2.22. The van der Waals surface area contributed by atoms with Crippen LogP contribution in [0, 0.1) is 13.8 Å². The average Bonchev–Trinajstić information content (AvgIpc) is 2.59. The lowest BCUT2D eigenvalue weighted by atomic mass is 10.3. The van der Waals surface area contributed by atoms with Crippen molar-refractivity contribution < 1.29 is 9.63 Å². The van der Waals surface area contributed by atoms with Gasteiger partial charge >= 0.3 is 0 Å². The van der Waals surface area contributed by atoms with E-state index in [4.69, 9.17) is 4.52 Å². The maximum atomic E-state index is 9.31. The van der Waals surface area contributed by atoms with Crippen LogP contribution in [0.25, 0.3) is 0 Å². The van der Waals surface area contributed by atoms with Crippen molar-refractivity contribution in [3.63, 3.8) is 0 Å². The zero-order valence-electron chi connectivity index (χ0n) is 8.97. The van der Waals surface area contributed by atoms with E-state index in [-0.39, 0.29) is 5.88 Å². The molecule has 2 rings (SSSR count). The minimum atomic E-state index is -0.00274. The number of rotatable bonds is 3. The van der Waals surface area contributed by atoms with E-state index in [9.17, 15) is 5.11 Å². The second-order valence-corrected chi connectivity index (χ2v) is 4.29. The topological polar surface area (TPSA) is 72.0 Å². The fraction of sp³-hybridized carbons (Fsp3) is 0.300. The van der Waals surface area contributed by atoms with Crippen molar-refractivity contribution >= 4 is 11.8 Å². The number of aromatic nitrogens is 3. The summed E-state index contributed by atoms with van der Waals surface area (Å²) in [7, 11) is 0. The predicted molar refractivity (Wildman–Crippen MR) is 59.2 cm³/mol. The molecule has 0 bridgehead atoms. The highest BCUT2D eigenvalue weighted by atomic mass is 32.2. The highest BCUT2D eigenvalue weighted by Gasteiger charge is 2.06. The third-order valence-electron chi connectivity index (χ3n) is 2.03. The molecule has 2 aromatic heterocycles. The van der Waals surface area contributed by atoms with Gasteiger partial charge < -0.3 is 9.63 Å². The number of aromatic hydroxyl groups is 1. The highest BCUT2D eigenvalue weighted by molar-refractivity contribution is 7.98. The van der Waals surface area contributed by atoms with Crippen LogP contribution in [0.1, 0.15) is 17.0 Å². The van der Waals surface area contributed by atoms with E-state index in [1.54, 1.807) is 6.20 Å². The van der Waals surface area contributed by atoms with Gasteiger partial charge in [0.2, 0.25) is 5.88 Å². The lowest BCUT2D eigenvalue weighted by molar-refractivity contribution is 0.396. The van der Waals surface area contributed by atoms with Crippen LogP contribution in [0.2, 0.25) is 0 Å². The van der Waals surface area contributed by atoms with Crippen molar-refractivity contribution in [3.8, 4) is 5.88 Å². The summed E-state index contributed by atoms with van der Waals surface area (Å²) in [4.78, 5) is 8.12. The molecule has 0 spiro atoms. The fourth-order valence-corrected chi connectivity index (χ4v) is 2.12. The minimum absolute atomic E-state index is 0.00274. The Hall–Kier alpha value is -1.56. The quantitative estimate of drug-likeness (QED) is 0.651. The normalized spacial score (nSPS) is 10.6. The van der Waals surface area contributed by atoms with Gasteiger partial charge in [-0.25, -0.2) is 4.98 Å². The molecule has 0 aliphatic rings. The second-order valence-electron chi connectivity index (χ2n) is 3.35. The number of nitrogens with zero attached hydrogens (tertiary/aromatic N) is 3. The Morgan fingerprint density at radius 2 is 2.19 bits per heavy atom. The van der Waals surface area contributed by atoms with Crippen LogP contribution in [0.5, 0.6) is 5.88 Å². The van der Waals surface area contributed by atoms with Crippen molar-refractivity contribution in [1.29, 1.82) is 0 Å². The Morgan fingerprint density at radius 3 is 2.81 bits per heavy atom. The molecule has 2 heterocycles. The molecule has 0 aliphatic carbocycles. The van der Waals surface area contributed by atoms with Gasteiger partial charge in [-0.15, -0.1) is 0 Å². The molecule has 0 aliphatic heterocycles. The molecule has 0 saturated heterocycles. The first-order chi connectivity index (χ1) is 7.65. The molecule has 0 radical (unpaired) electrons. The molecule has 6 heteroatoms. The lowest BCUT2D eigenvalue weighted by Gasteiger charge is -2.00. The number of hydrogen-bond donors (Lipinski definition) is 1. The van der Waals surface area contributed by atoms with E-state index in [2.05, 4.69) is 15.1 Å². The molecule has 0 amide bonds. The summed E-state index contributed by atoms with van der Waals surface area (Å²) in [5.74, 6) is 1.47. The molecule has 0 saturated carbocycles. The first-order valence-corrected chi connectivity index (χ1v) is 5.71. The first kappa shape index (κ1) is 10.9. The van der Waals surface area contributed by atoms with Gasteiger partial charge in [0.1, 0.15) is 5.76 Å². The molecule has 2 aromatic rings. The van der Waals surface area contributed by atoms with Gasteiger partial charge in [-0.2, -0.15) is 4.98 Å². The minimum Gasteiger partial charge on any atom is -0.493 e. The molecule has 0 atom stereocenters. The Balaban J connectivity index is 2.07. The summed E-state index contributed by atoms with van der Waals surface area (Å²) < 4.78 is 4.95. The van der Waals surface area contributed by atoms with Crippen molar-refractivity contribution in [2.75, 3.05) is 0 Å². The van der Waals surface area contributed by atoms with Crippen molar-refractivity contribution in [2.45, 2.75) is 24.8 Å². The van der Waals surface area contributed by atoms with Gasteiger partial charge in [-0.3, -0.25) is 0 Å². The zero-order valence-corrected chi connectivity index (χ0v) is 9.78. The molecule has 1 N–H and O–H groups in total. The number of thioether (sulfide) groups is 1. The summed E-state index contributed by atoms with van der Waals surface area (Å²) in [5, 5.41) is 13.6. The van der Waals surface area contributed by atoms with Crippen molar-refractivity contribution in [1.82, 2.24) is 15.1 Å². The molecular weight excluding hydrogens is 226 g/mol. The monoisotopic (exact) mass is 237 g/mol. The summed E-state index contributed by atoms with van der Waals surface area (Å²) >= 11 is 1.44. The third kappa shape index (κ3) is 2.52. The standard InChI is InChI=1S/C10H11N3O2S/c1-6-3-9(14)13-10(12-6)16-5-8-4-11-15-7(8)2/h3-4H,5H2,1-2H3,(H,12,13,14). The second kappa shape index (κ2) is 4.52. The van der Waals surface area contributed by atoms with Crippen LogP contribution in [0.4, 0.5) is 0 Å². The molecule has 5 nitrogen and oxygen atoms in total. The van der Waals surface area contributed by atoms with E-state index >= 15 is 0 Å². The smallest absolute Gasteiger partial charge is 0.215 e. The fourth-order valence-electron chi connectivity index (χ4n) is 1.19. The van der Waals surface area contributed by atoms with Gasteiger partial charge in [-0.1, -0.05) is 16.9 Å². The van der Waals surface area contributed by atoms with Crippen LogP contribution in [-0.2, 0) is 5.75 Å². The molecule has 0 unspecified atom stereocenters. The van der Waals surface area contributed by atoms with Crippen LogP contribution < -0.4 is 0 Å². The lowest BCUT2D eigenvalue weighted by Crippen LogP contribution is -1.90. The Morgan fingerprint density at radius 1 is 1.38 bits per heavy atom. The molecule has 84 valence electrons.